The summed E-state index contributed by atoms with van der Waals surface area (Å²) in [4.78, 5) is 43.6. The van der Waals surface area contributed by atoms with Crippen molar-refractivity contribution in [2.24, 2.45) is 0 Å². The second-order valence-electron chi connectivity index (χ2n) is 10.5. The minimum absolute atomic E-state index is 0.0586. The van der Waals surface area contributed by atoms with Gasteiger partial charge in [0.05, 0.1) is 11.2 Å². The first-order valence-electron chi connectivity index (χ1n) is 12.3. The van der Waals surface area contributed by atoms with Crippen LogP contribution in [-0.4, -0.2) is 64.3 Å². The van der Waals surface area contributed by atoms with Crippen molar-refractivity contribution in [1.82, 2.24) is 20.5 Å². The number of β-lactam (4-membered cyclic amide) rings is 1. The van der Waals surface area contributed by atoms with Crippen LogP contribution in [0.2, 0.25) is 0 Å². The summed E-state index contributed by atoms with van der Waals surface area (Å²) in [6, 6.07) is 5.70. The first-order valence-corrected chi connectivity index (χ1v) is 13.9. The number of hydrogen-bond donors (Lipinski definition) is 3. The van der Waals surface area contributed by atoms with Crippen LogP contribution >= 0.6 is 0 Å². The van der Waals surface area contributed by atoms with E-state index in [9.17, 15) is 22.8 Å². The van der Waals surface area contributed by atoms with Crippen molar-refractivity contribution in [3.05, 3.63) is 36.0 Å². The van der Waals surface area contributed by atoms with E-state index in [1.807, 2.05) is 30.5 Å². The molecule has 9 nitrogen and oxygen atoms in total. The van der Waals surface area contributed by atoms with Gasteiger partial charge in [-0.2, -0.15) is 0 Å². The number of nitrogens with one attached hydrogen (secondary N) is 3. The van der Waals surface area contributed by atoms with E-state index in [2.05, 4.69) is 15.6 Å². The van der Waals surface area contributed by atoms with Crippen molar-refractivity contribution in [2.45, 2.75) is 87.0 Å². The maximum Gasteiger partial charge on any atom is 0.245 e. The third-order valence-corrected chi connectivity index (χ3v) is 10.7. The molecule has 1 aliphatic carbocycles. The fraction of sp³-hybridized carbons (Fsp3) is 0.560. The number of para-hydroxylation sites is 1. The Bertz CT molecular complexity index is 1280. The molecule has 0 spiro atoms. The molecule has 3 amide bonds. The van der Waals surface area contributed by atoms with Crippen LogP contribution in [0.5, 0.6) is 0 Å². The van der Waals surface area contributed by atoms with Crippen LogP contribution in [0.15, 0.2) is 30.5 Å². The highest BCUT2D eigenvalue weighted by atomic mass is 32.2. The minimum Gasteiger partial charge on any atom is -0.361 e. The summed E-state index contributed by atoms with van der Waals surface area (Å²) < 4.78 is 24.5. The number of nitrogens with zero attached hydrogens (tertiary/aromatic N) is 1. The van der Waals surface area contributed by atoms with Gasteiger partial charge in [0.1, 0.15) is 17.5 Å². The van der Waals surface area contributed by atoms with Crippen LogP contribution in [0.25, 0.3) is 10.9 Å². The maximum absolute atomic E-state index is 13.5. The second kappa shape index (κ2) is 8.65. The first-order chi connectivity index (χ1) is 16.6. The SMILES string of the molecule is CC1(C)[C@H](C(=O)N[C@H](Cc2c[nH]c3ccccc23)C(=O)NC2CCCCC2)N2C(=O)C[C@H]2S1(=O)=O. The molecule has 35 heavy (non-hydrogen) atoms. The lowest BCUT2D eigenvalue weighted by molar-refractivity contribution is -0.150. The van der Waals surface area contributed by atoms with Gasteiger partial charge in [-0.3, -0.25) is 14.4 Å². The smallest absolute Gasteiger partial charge is 0.245 e. The Hall–Kier alpha value is -2.88. The van der Waals surface area contributed by atoms with Crippen molar-refractivity contribution in [3.63, 3.8) is 0 Å². The molecule has 0 unspecified atom stereocenters. The molecule has 3 heterocycles. The summed E-state index contributed by atoms with van der Waals surface area (Å²) in [7, 11) is -3.71. The van der Waals surface area contributed by atoms with Gasteiger partial charge in [0.2, 0.25) is 17.7 Å². The number of hydrogen-bond acceptors (Lipinski definition) is 5. The van der Waals surface area contributed by atoms with Crippen molar-refractivity contribution in [3.8, 4) is 0 Å². The maximum atomic E-state index is 13.5. The van der Waals surface area contributed by atoms with Gasteiger partial charge in [-0.1, -0.05) is 37.5 Å². The number of amides is 3. The van der Waals surface area contributed by atoms with Crippen LogP contribution in [0.4, 0.5) is 0 Å². The van der Waals surface area contributed by atoms with Crippen LogP contribution < -0.4 is 10.6 Å². The highest BCUT2D eigenvalue weighted by Gasteiger charge is 2.67. The summed E-state index contributed by atoms with van der Waals surface area (Å²) in [6.07, 6.45) is 7.03. The fourth-order valence-corrected chi connectivity index (χ4v) is 7.92. The van der Waals surface area contributed by atoms with Gasteiger partial charge >= 0.3 is 0 Å². The zero-order valence-electron chi connectivity index (χ0n) is 20.0. The molecule has 0 radical (unpaired) electrons. The molecule has 1 aromatic carbocycles. The van der Waals surface area contributed by atoms with E-state index in [1.165, 1.54) is 18.7 Å². The zero-order chi connectivity index (χ0) is 25.0. The lowest BCUT2D eigenvalue weighted by Gasteiger charge is -2.37. The number of aromatic nitrogens is 1. The van der Waals surface area contributed by atoms with E-state index in [0.29, 0.717) is 0 Å². The molecule has 1 saturated carbocycles. The molecule has 3 fully saturated rings. The summed E-state index contributed by atoms with van der Waals surface area (Å²) in [5.41, 5.74) is 1.80. The van der Waals surface area contributed by atoms with Gasteiger partial charge < -0.3 is 20.5 Å². The minimum atomic E-state index is -3.71. The van der Waals surface area contributed by atoms with E-state index in [1.54, 1.807) is 0 Å². The number of carbonyl (C=O) groups excluding carboxylic acids is 3. The van der Waals surface area contributed by atoms with E-state index in [-0.39, 0.29) is 30.7 Å². The predicted molar refractivity (Wildman–Crippen MR) is 131 cm³/mol. The molecule has 0 bridgehead atoms. The van der Waals surface area contributed by atoms with Gasteiger partial charge in [-0.15, -0.1) is 0 Å². The number of rotatable bonds is 6. The van der Waals surface area contributed by atoms with Crippen molar-refractivity contribution < 1.29 is 22.8 Å². The summed E-state index contributed by atoms with van der Waals surface area (Å²) in [5, 5.41) is 5.91. The molecule has 3 N–H and O–H groups in total. The molecule has 188 valence electrons. The molecule has 2 aromatic rings. The number of H-pyrrole nitrogens is 1. The zero-order valence-corrected chi connectivity index (χ0v) is 20.9. The number of aromatic amines is 1. The Balaban J connectivity index is 1.41. The Kier molecular flexibility index (Phi) is 5.89. The van der Waals surface area contributed by atoms with Crippen LogP contribution in [0.1, 0.15) is 57.9 Å². The quantitative estimate of drug-likeness (QED) is 0.521. The lowest BCUT2D eigenvalue weighted by atomic mass is 9.94. The molecule has 5 rings (SSSR count). The monoisotopic (exact) mass is 500 g/mol. The summed E-state index contributed by atoms with van der Waals surface area (Å²) in [5.74, 6) is -1.26. The van der Waals surface area contributed by atoms with E-state index < -0.39 is 37.9 Å². The van der Waals surface area contributed by atoms with Gasteiger partial charge in [0, 0.05) is 29.6 Å². The van der Waals surface area contributed by atoms with Crippen molar-refractivity contribution >= 4 is 38.5 Å². The average molecular weight is 501 g/mol. The van der Waals surface area contributed by atoms with Crippen LogP contribution in [0.3, 0.4) is 0 Å². The second-order valence-corrected chi connectivity index (χ2v) is 13.2. The predicted octanol–water partition coefficient (Wildman–Crippen LogP) is 1.78. The van der Waals surface area contributed by atoms with Gasteiger partial charge in [0.25, 0.3) is 0 Å². The van der Waals surface area contributed by atoms with Crippen LogP contribution in [-0.2, 0) is 30.6 Å². The Morgan fingerprint density at radius 1 is 1.17 bits per heavy atom. The number of benzene rings is 1. The standard InChI is InChI=1S/C25H32N4O5S/c1-25(2)22(29-20(30)13-21(29)35(25,33)34)24(32)28-19(23(31)27-16-8-4-3-5-9-16)12-15-14-26-18-11-7-6-10-17(15)18/h6-7,10-11,14,16,19,21-22,26H,3-5,8-9,12-13H2,1-2H3,(H,27,31)(H,28,32)/t19-,21-,22+/m1/s1. The van der Waals surface area contributed by atoms with Crippen LogP contribution in [0, 0.1) is 0 Å². The van der Waals surface area contributed by atoms with Gasteiger partial charge in [-0.25, -0.2) is 8.42 Å². The molecular formula is C25H32N4O5S. The highest BCUT2D eigenvalue weighted by Crippen LogP contribution is 2.45. The normalized spacial score (nSPS) is 26.1. The highest BCUT2D eigenvalue weighted by molar-refractivity contribution is 7.93. The number of fused-ring (bicyclic) bond motifs is 2. The van der Waals surface area contributed by atoms with E-state index in [0.717, 1.165) is 48.6 Å². The molecule has 10 heteroatoms. The third kappa shape index (κ3) is 3.91. The van der Waals surface area contributed by atoms with E-state index in [4.69, 9.17) is 0 Å². The third-order valence-electron chi connectivity index (χ3n) is 7.91. The molecule has 2 aliphatic heterocycles. The molecule has 3 aliphatic rings. The topological polar surface area (TPSA) is 128 Å². The Morgan fingerprint density at radius 3 is 2.60 bits per heavy atom. The lowest BCUT2D eigenvalue weighted by Crippen LogP contribution is -2.62. The van der Waals surface area contributed by atoms with Gasteiger partial charge in [0.15, 0.2) is 9.84 Å². The molecular weight excluding hydrogens is 468 g/mol. The van der Waals surface area contributed by atoms with Crippen molar-refractivity contribution in [1.29, 1.82) is 0 Å². The average Bonchev–Trinajstić information content (AvgIpc) is 3.28. The van der Waals surface area contributed by atoms with Gasteiger partial charge in [-0.05, 0) is 38.3 Å². The first kappa shape index (κ1) is 23.8. The molecule has 2 saturated heterocycles. The fourth-order valence-electron chi connectivity index (χ4n) is 5.78. The summed E-state index contributed by atoms with van der Waals surface area (Å²) in [6.45, 7) is 2.96. The number of sulfone groups is 1. The van der Waals surface area contributed by atoms with Crippen molar-refractivity contribution in [2.75, 3.05) is 0 Å². The largest absolute Gasteiger partial charge is 0.361 e. The number of carbonyl (C=O) groups is 3. The molecule has 3 atom stereocenters. The Labute approximate surface area is 204 Å². The summed E-state index contributed by atoms with van der Waals surface area (Å²) >= 11 is 0. The Morgan fingerprint density at radius 2 is 1.89 bits per heavy atom. The van der Waals surface area contributed by atoms with E-state index >= 15 is 0 Å². The molecule has 1 aromatic heterocycles.